The van der Waals surface area contributed by atoms with Gasteiger partial charge in [0.25, 0.3) is 0 Å². The maximum absolute atomic E-state index is 12.3. The molecule has 0 unspecified atom stereocenters. The second kappa shape index (κ2) is 7.51. The molecule has 0 N–H and O–H groups in total. The summed E-state index contributed by atoms with van der Waals surface area (Å²) in [5.41, 5.74) is 1.33. The largest absolute Gasteiger partial charge is 0.423 e. The lowest BCUT2D eigenvalue weighted by molar-refractivity contribution is 0.0735. The molecule has 0 radical (unpaired) electrons. The number of rotatable bonds is 4. The maximum Gasteiger partial charge on any atom is 0.345 e. The van der Waals surface area contributed by atoms with Crippen molar-refractivity contribution in [3.63, 3.8) is 0 Å². The molecule has 0 saturated heterocycles. The van der Waals surface area contributed by atoms with Crippen molar-refractivity contribution in [1.82, 2.24) is 0 Å². The van der Waals surface area contributed by atoms with Crippen LogP contribution in [0.25, 0.3) is 0 Å². The van der Waals surface area contributed by atoms with E-state index in [0.717, 1.165) is 0 Å². The maximum atomic E-state index is 12.3. The Morgan fingerprint density at radius 1 is 0.760 bits per heavy atom. The minimum atomic E-state index is -0.594. The van der Waals surface area contributed by atoms with E-state index >= 15 is 0 Å². The third-order valence-electron chi connectivity index (χ3n) is 3.51. The molecule has 0 aliphatic heterocycles. The Kier molecular flexibility index (Phi) is 5.17. The van der Waals surface area contributed by atoms with Gasteiger partial charge in [0.05, 0.1) is 10.6 Å². The number of carbonyl (C=O) groups is 2. The zero-order chi connectivity index (χ0) is 17.8. The number of esters is 1. The third kappa shape index (κ3) is 4.08. The van der Waals surface area contributed by atoms with Gasteiger partial charge in [-0.1, -0.05) is 53.5 Å². The summed E-state index contributed by atoms with van der Waals surface area (Å²) >= 11 is 11.8. The van der Waals surface area contributed by atoms with Gasteiger partial charge >= 0.3 is 5.97 Å². The second-order valence-corrected chi connectivity index (χ2v) is 6.08. The summed E-state index contributed by atoms with van der Waals surface area (Å²) in [6.45, 7) is 0. The molecule has 3 aromatic rings. The molecule has 25 heavy (non-hydrogen) atoms. The lowest BCUT2D eigenvalue weighted by Crippen LogP contribution is -2.09. The zero-order valence-corrected chi connectivity index (χ0v) is 14.4. The van der Waals surface area contributed by atoms with Crippen molar-refractivity contribution in [3.8, 4) is 5.75 Å². The van der Waals surface area contributed by atoms with Gasteiger partial charge in [-0.3, -0.25) is 4.79 Å². The van der Waals surface area contributed by atoms with E-state index in [2.05, 4.69) is 0 Å². The second-order valence-electron chi connectivity index (χ2n) is 5.23. The van der Waals surface area contributed by atoms with Crippen LogP contribution in [0.15, 0.2) is 72.8 Å². The van der Waals surface area contributed by atoms with E-state index in [9.17, 15) is 9.59 Å². The minimum Gasteiger partial charge on any atom is -0.423 e. The Hall–Kier alpha value is -2.62. The van der Waals surface area contributed by atoms with Gasteiger partial charge < -0.3 is 4.74 Å². The molecule has 0 aromatic heterocycles. The van der Waals surface area contributed by atoms with Crippen LogP contribution in [0, 0.1) is 0 Å². The molecule has 3 nitrogen and oxygen atoms in total. The fourth-order valence-corrected chi connectivity index (χ4v) is 2.73. The molecule has 0 atom stereocenters. The van der Waals surface area contributed by atoms with E-state index in [0.29, 0.717) is 21.9 Å². The van der Waals surface area contributed by atoms with E-state index in [1.807, 2.05) is 6.07 Å². The van der Waals surface area contributed by atoms with Crippen LogP contribution in [0.2, 0.25) is 10.0 Å². The van der Waals surface area contributed by atoms with E-state index in [1.165, 1.54) is 12.1 Å². The average Bonchev–Trinajstić information content (AvgIpc) is 2.62. The summed E-state index contributed by atoms with van der Waals surface area (Å²) in [7, 11) is 0. The number of ketones is 1. The van der Waals surface area contributed by atoms with Crippen molar-refractivity contribution in [2.24, 2.45) is 0 Å². The fraction of sp³-hybridized carbons (Fsp3) is 0. The first kappa shape index (κ1) is 17.2. The Morgan fingerprint density at radius 2 is 1.40 bits per heavy atom. The van der Waals surface area contributed by atoms with E-state index in [4.69, 9.17) is 27.9 Å². The topological polar surface area (TPSA) is 43.4 Å². The van der Waals surface area contributed by atoms with Crippen LogP contribution in [-0.4, -0.2) is 11.8 Å². The van der Waals surface area contributed by atoms with Crippen molar-refractivity contribution in [2.45, 2.75) is 0 Å². The van der Waals surface area contributed by atoms with E-state index in [1.54, 1.807) is 54.6 Å². The van der Waals surface area contributed by atoms with Gasteiger partial charge in [-0.25, -0.2) is 4.79 Å². The minimum absolute atomic E-state index is 0.0979. The first-order valence-electron chi connectivity index (χ1n) is 7.41. The van der Waals surface area contributed by atoms with Crippen LogP contribution in [-0.2, 0) is 0 Å². The molecule has 124 valence electrons. The Bertz CT molecular complexity index is 919. The molecule has 3 rings (SSSR count). The Morgan fingerprint density at radius 3 is 2.04 bits per heavy atom. The summed E-state index contributed by atoms with van der Waals surface area (Å²) in [6.07, 6.45) is 0. The molecule has 0 spiro atoms. The predicted molar refractivity (Wildman–Crippen MR) is 97.7 cm³/mol. The van der Waals surface area contributed by atoms with Crippen LogP contribution in [0.1, 0.15) is 26.3 Å². The van der Waals surface area contributed by atoms with Gasteiger partial charge in [0.1, 0.15) is 5.75 Å². The lowest BCUT2D eigenvalue weighted by atomic mass is 10.0. The molecule has 0 heterocycles. The lowest BCUT2D eigenvalue weighted by Gasteiger charge is -2.07. The standard InChI is InChI=1S/C20H12Cl2O3/c21-15-8-11-17(18(22)12-15)20(24)25-16-9-6-14(7-10-16)19(23)13-4-2-1-3-5-13/h1-12H. The smallest absolute Gasteiger partial charge is 0.345 e. The van der Waals surface area contributed by atoms with Crippen molar-refractivity contribution in [2.75, 3.05) is 0 Å². The summed E-state index contributed by atoms with van der Waals surface area (Å²) in [5.74, 6) is -0.372. The molecule has 0 aliphatic rings. The van der Waals surface area contributed by atoms with Crippen LogP contribution < -0.4 is 4.74 Å². The third-order valence-corrected chi connectivity index (χ3v) is 4.06. The Labute approximate surface area is 154 Å². The van der Waals surface area contributed by atoms with E-state index in [-0.39, 0.29) is 16.4 Å². The number of halogens is 2. The highest BCUT2D eigenvalue weighted by molar-refractivity contribution is 6.36. The molecule has 5 heteroatoms. The van der Waals surface area contributed by atoms with Crippen LogP contribution >= 0.6 is 23.2 Å². The van der Waals surface area contributed by atoms with Gasteiger partial charge in [-0.15, -0.1) is 0 Å². The fourth-order valence-electron chi connectivity index (χ4n) is 2.25. The normalized spacial score (nSPS) is 10.3. The highest BCUT2D eigenvalue weighted by Gasteiger charge is 2.14. The van der Waals surface area contributed by atoms with Crippen LogP contribution in [0.5, 0.6) is 5.75 Å². The van der Waals surface area contributed by atoms with E-state index < -0.39 is 5.97 Å². The van der Waals surface area contributed by atoms with Crippen molar-refractivity contribution in [3.05, 3.63) is 99.5 Å². The first-order valence-corrected chi connectivity index (χ1v) is 8.17. The molecular formula is C20H12Cl2O3. The summed E-state index contributed by atoms with van der Waals surface area (Å²) in [5, 5.41) is 0.652. The predicted octanol–water partition coefficient (Wildman–Crippen LogP) is 5.44. The molecular weight excluding hydrogens is 359 g/mol. The van der Waals surface area contributed by atoms with Crippen molar-refractivity contribution >= 4 is 35.0 Å². The molecule has 0 amide bonds. The van der Waals surface area contributed by atoms with Crippen LogP contribution in [0.4, 0.5) is 0 Å². The molecule has 3 aromatic carbocycles. The monoisotopic (exact) mass is 370 g/mol. The van der Waals surface area contributed by atoms with Gasteiger partial charge in [-0.05, 0) is 42.5 Å². The SMILES string of the molecule is O=C(c1ccccc1)c1ccc(OC(=O)c2ccc(Cl)cc2Cl)cc1. The number of ether oxygens (including phenoxy) is 1. The summed E-state index contributed by atoms with van der Waals surface area (Å²) < 4.78 is 5.28. The summed E-state index contributed by atoms with van der Waals surface area (Å²) in [4.78, 5) is 24.5. The summed E-state index contributed by atoms with van der Waals surface area (Å²) in [6, 6.07) is 19.9. The highest BCUT2D eigenvalue weighted by Crippen LogP contribution is 2.23. The quantitative estimate of drug-likeness (QED) is 0.348. The van der Waals surface area contributed by atoms with Gasteiger partial charge in [0, 0.05) is 16.1 Å². The molecule has 0 bridgehead atoms. The number of hydrogen-bond acceptors (Lipinski definition) is 3. The van der Waals surface area contributed by atoms with Crippen LogP contribution in [0.3, 0.4) is 0 Å². The van der Waals surface area contributed by atoms with Crippen molar-refractivity contribution in [1.29, 1.82) is 0 Å². The zero-order valence-electron chi connectivity index (χ0n) is 12.9. The average molecular weight is 371 g/mol. The number of benzene rings is 3. The highest BCUT2D eigenvalue weighted by atomic mass is 35.5. The van der Waals surface area contributed by atoms with Gasteiger partial charge in [0.15, 0.2) is 5.78 Å². The number of carbonyl (C=O) groups excluding carboxylic acids is 2. The van der Waals surface area contributed by atoms with Gasteiger partial charge in [-0.2, -0.15) is 0 Å². The van der Waals surface area contributed by atoms with Gasteiger partial charge in [0.2, 0.25) is 0 Å². The molecule has 0 fully saturated rings. The van der Waals surface area contributed by atoms with Crippen molar-refractivity contribution < 1.29 is 14.3 Å². The first-order chi connectivity index (χ1) is 12.0. The molecule has 0 saturated carbocycles. The Balaban J connectivity index is 1.74. The number of hydrogen-bond donors (Lipinski definition) is 0. The molecule has 0 aliphatic carbocycles.